The molecule has 1 N–H and O–H groups in total. The number of ether oxygens (including phenoxy) is 4. The Morgan fingerprint density at radius 2 is 1.97 bits per heavy atom. The molecule has 9 heteroatoms. The third-order valence-corrected chi connectivity index (χ3v) is 4.32. The molecule has 1 aliphatic rings. The monoisotopic (exact) mass is 422 g/mol. The molecule has 3 aromatic rings. The summed E-state index contributed by atoms with van der Waals surface area (Å²) < 4.78 is 26.7. The van der Waals surface area contributed by atoms with E-state index in [9.17, 15) is 9.59 Å². The zero-order valence-electron chi connectivity index (χ0n) is 16.4. The fourth-order valence-corrected chi connectivity index (χ4v) is 2.80. The van der Waals surface area contributed by atoms with Crippen molar-refractivity contribution in [1.29, 1.82) is 0 Å². The molecule has 0 saturated heterocycles. The highest BCUT2D eigenvalue weighted by atomic mass is 16.6. The van der Waals surface area contributed by atoms with Crippen molar-refractivity contribution in [3.05, 3.63) is 72.2 Å². The molecular formula is C22H18N2O7. The lowest BCUT2D eigenvalue weighted by molar-refractivity contribution is -0.130. The number of hydrogen-bond acceptors (Lipinski definition) is 8. The summed E-state index contributed by atoms with van der Waals surface area (Å²) in [6.45, 7) is 0.0808. The van der Waals surface area contributed by atoms with Crippen LogP contribution in [0.15, 0.2) is 70.4 Å². The summed E-state index contributed by atoms with van der Waals surface area (Å²) in [5.41, 5.74) is 2.98. The number of amides is 1. The second-order valence-corrected chi connectivity index (χ2v) is 6.37. The Kier molecular flexibility index (Phi) is 5.84. The first-order valence-corrected chi connectivity index (χ1v) is 9.29. The molecule has 31 heavy (non-hydrogen) atoms. The lowest BCUT2D eigenvalue weighted by atomic mass is 10.2. The molecule has 0 unspecified atom stereocenters. The van der Waals surface area contributed by atoms with Crippen LogP contribution in [0, 0.1) is 0 Å². The number of nitrogens with zero attached hydrogens (tertiary/aromatic N) is 1. The minimum atomic E-state index is -0.822. The van der Waals surface area contributed by atoms with Crippen LogP contribution >= 0.6 is 0 Å². The predicted octanol–water partition coefficient (Wildman–Crippen LogP) is 2.80. The van der Waals surface area contributed by atoms with E-state index in [1.54, 1.807) is 36.4 Å². The summed E-state index contributed by atoms with van der Waals surface area (Å²) in [5, 5.41) is 3.95. The molecule has 158 valence electrons. The molecule has 1 amide bonds. The van der Waals surface area contributed by atoms with Gasteiger partial charge in [0.1, 0.15) is 18.1 Å². The molecule has 0 saturated carbocycles. The van der Waals surface area contributed by atoms with Gasteiger partial charge in [-0.25, -0.2) is 10.2 Å². The van der Waals surface area contributed by atoms with Crippen LogP contribution in [0.2, 0.25) is 0 Å². The van der Waals surface area contributed by atoms with E-state index in [-0.39, 0.29) is 18.1 Å². The van der Waals surface area contributed by atoms with E-state index < -0.39 is 18.0 Å². The van der Waals surface area contributed by atoms with Gasteiger partial charge in [-0.3, -0.25) is 4.79 Å². The maximum absolute atomic E-state index is 12.3. The first kappa shape index (κ1) is 20.0. The molecule has 0 radical (unpaired) electrons. The number of carbonyl (C=O) groups excluding carboxylic acids is 2. The number of para-hydroxylation sites is 2. The second kappa shape index (κ2) is 9.04. The highest BCUT2D eigenvalue weighted by Crippen LogP contribution is 2.30. The summed E-state index contributed by atoms with van der Waals surface area (Å²) in [4.78, 5) is 24.3. The van der Waals surface area contributed by atoms with Gasteiger partial charge in [0, 0.05) is 11.6 Å². The average Bonchev–Trinajstić information content (AvgIpc) is 3.34. The van der Waals surface area contributed by atoms with E-state index in [4.69, 9.17) is 23.4 Å². The molecular weight excluding hydrogens is 404 g/mol. The van der Waals surface area contributed by atoms with Gasteiger partial charge in [-0.15, -0.1) is 0 Å². The number of rotatable bonds is 6. The van der Waals surface area contributed by atoms with Crippen LogP contribution in [-0.2, 0) is 4.79 Å². The van der Waals surface area contributed by atoms with Crippen molar-refractivity contribution < 1.29 is 33.0 Å². The topological polar surface area (TPSA) is 109 Å². The average molecular weight is 422 g/mol. The van der Waals surface area contributed by atoms with Crippen LogP contribution in [0.4, 0.5) is 0 Å². The minimum absolute atomic E-state index is 0.0808. The van der Waals surface area contributed by atoms with Crippen molar-refractivity contribution in [3.8, 4) is 23.0 Å². The van der Waals surface area contributed by atoms with Crippen LogP contribution < -0.4 is 24.4 Å². The van der Waals surface area contributed by atoms with Gasteiger partial charge < -0.3 is 23.4 Å². The van der Waals surface area contributed by atoms with Crippen LogP contribution in [0.5, 0.6) is 23.0 Å². The Morgan fingerprint density at radius 1 is 1.13 bits per heavy atom. The van der Waals surface area contributed by atoms with Crippen LogP contribution in [0.1, 0.15) is 16.1 Å². The summed E-state index contributed by atoms with van der Waals surface area (Å²) in [7, 11) is 1.47. The van der Waals surface area contributed by atoms with Crippen LogP contribution in [0.25, 0.3) is 0 Å². The third kappa shape index (κ3) is 4.67. The van der Waals surface area contributed by atoms with Crippen molar-refractivity contribution in [3.63, 3.8) is 0 Å². The van der Waals surface area contributed by atoms with Gasteiger partial charge in [0.25, 0.3) is 5.91 Å². The van der Waals surface area contributed by atoms with E-state index in [1.807, 2.05) is 6.07 Å². The highest BCUT2D eigenvalue weighted by molar-refractivity contribution is 5.89. The summed E-state index contributed by atoms with van der Waals surface area (Å²) >= 11 is 0. The standard InChI is InChI=1S/C22H18N2O7/c1-27-19-11-15(30-22(26)18-7-4-10-28-18)9-8-14(19)12-23-24-21(25)20-13-29-16-5-2-3-6-17(16)31-20/h2-12,20H,13H2,1H3,(H,24,25)/t20-/m1/s1. The molecule has 1 aliphatic heterocycles. The number of nitrogens with one attached hydrogen (secondary N) is 1. The first-order chi connectivity index (χ1) is 15.1. The molecule has 0 bridgehead atoms. The zero-order valence-corrected chi connectivity index (χ0v) is 16.4. The molecule has 0 fully saturated rings. The maximum atomic E-state index is 12.3. The maximum Gasteiger partial charge on any atom is 0.379 e. The molecule has 1 aromatic heterocycles. The lowest BCUT2D eigenvalue weighted by Gasteiger charge is -2.24. The van der Waals surface area contributed by atoms with E-state index in [0.29, 0.717) is 22.8 Å². The largest absolute Gasteiger partial charge is 0.496 e. The number of benzene rings is 2. The van der Waals surface area contributed by atoms with Gasteiger partial charge in [-0.2, -0.15) is 5.10 Å². The van der Waals surface area contributed by atoms with Crippen LogP contribution in [-0.4, -0.2) is 37.9 Å². The van der Waals surface area contributed by atoms with Crippen molar-refractivity contribution in [2.75, 3.05) is 13.7 Å². The molecule has 2 heterocycles. The highest BCUT2D eigenvalue weighted by Gasteiger charge is 2.27. The fraction of sp³-hybridized carbons (Fsp3) is 0.136. The number of methoxy groups -OCH3 is 1. The molecule has 9 nitrogen and oxygen atoms in total. The predicted molar refractivity (Wildman–Crippen MR) is 109 cm³/mol. The molecule has 4 rings (SSSR count). The Bertz CT molecular complexity index is 1110. The van der Waals surface area contributed by atoms with Gasteiger partial charge in [-0.1, -0.05) is 12.1 Å². The van der Waals surface area contributed by atoms with E-state index in [2.05, 4.69) is 10.5 Å². The Morgan fingerprint density at radius 3 is 2.74 bits per heavy atom. The van der Waals surface area contributed by atoms with E-state index in [0.717, 1.165) is 0 Å². The molecule has 0 aliphatic carbocycles. The molecule has 2 aromatic carbocycles. The van der Waals surface area contributed by atoms with Gasteiger partial charge in [0.05, 0.1) is 19.6 Å². The summed E-state index contributed by atoms with van der Waals surface area (Å²) in [5.74, 6) is 0.765. The third-order valence-electron chi connectivity index (χ3n) is 4.32. The fourth-order valence-electron chi connectivity index (χ4n) is 2.80. The lowest BCUT2D eigenvalue weighted by Crippen LogP contribution is -2.42. The van der Waals surface area contributed by atoms with Gasteiger partial charge in [0.2, 0.25) is 11.9 Å². The Balaban J connectivity index is 1.37. The van der Waals surface area contributed by atoms with Gasteiger partial charge >= 0.3 is 5.97 Å². The van der Waals surface area contributed by atoms with E-state index in [1.165, 1.54) is 31.7 Å². The summed E-state index contributed by atoms with van der Waals surface area (Å²) in [6.07, 6.45) is 1.97. The Labute approximate surface area is 177 Å². The molecule has 1 atom stereocenters. The number of furan rings is 1. The van der Waals surface area contributed by atoms with Crippen molar-refractivity contribution in [2.24, 2.45) is 5.10 Å². The summed E-state index contributed by atoms with van der Waals surface area (Å²) in [6, 6.07) is 14.9. The normalized spacial score (nSPS) is 14.8. The quantitative estimate of drug-likeness (QED) is 0.282. The smallest absolute Gasteiger partial charge is 0.379 e. The van der Waals surface area contributed by atoms with Crippen molar-refractivity contribution in [2.45, 2.75) is 6.10 Å². The number of hydrazone groups is 1. The number of hydrogen-bond donors (Lipinski definition) is 1. The van der Waals surface area contributed by atoms with Gasteiger partial charge in [-0.05, 0) is 36.4 Å². The van der Waals surface area contributed by atoms with Gasteiger partial charge in [0.15, 0.2) is 11.5 Å². The van der Waals surface area contributed by atoms with Crippen molar-refractivity contribution >= 4 is 18.1 Å². The SMILES string of the molecule is COc1cc(OC(=O)c2ccco2)ccc1C=NNC(=O)[C@H]1COc2ccccc2O1. The first-order valence-electron chi connectivity index (χ1n) is 9.29. The number of esters is 1. The minimum Gasteiger partial charge on any atom is -0.496 e. The van der Waals surface area contributed by atoms with Crippen LogP contribution in [0.3, 0.4) is 0 Å². The number of fused-ring (bicyclic) bond motifs is 1. The second-order valence-electron chi connectivity index (χ2n) is 6.37. The van der Waals surface area contributed by atoms with E-state index >= 15 is 0 Å². The zero-order chi connectivity index (χ0) is 21.6. The molecule has 0 spiro atoms. The number of carbonyl (C=O) groups is 2. The van der Waals surface area contributed by atoms with Crippen molar-refractivity contribution in [1.82, 2.24) is 5.43 Å². The Hall–Kier alpha value is -4.27.